The molecule has 0 aliphatic heterocycles. The van der Waals surface area contributed by atoms with Crippen molar-refractivity contribution in [3.05, 3.63) is 17.0 Å². The second-order valence-corrected chi connectivity index (χ2v) is 5.53. The summed E-state index contributed by atoms with van der Waals surface area (Å²) >= 11 is 0. The minimum absolute atomic E-state index is 0.647. The van der Waals surface area contributed by atoms with Gasteiger partial charge >= 0.3 is 0 Å². The first-order valence-electron chi connectivity index (χ1n) is 7.48. The topological polar surface area (TPSA) is 39.1 Å². The molecule has 1 heterocycles. The predicted molar refractivity (Wildman–Crippen MR) is 77.7 cm³/mol. The summed E-state index contributed by atoms with van der Waals surface area (Å²) in [5.74, 6) is 0. The van der Waals surface area contributed by atoms with Gasteiger partial charge in [-0.15, -0.1) is 0 Å². The van der Waals surface area contributed by atoms with E-state index in [0.717, 1.165) is 26.1 Å². The largest absolute Gasteiger partial charge is 0.383 e. The molecule has 4 nitrogen and oxygen atoms in total. The van der Waals surface area contributed by atoms with Crippen molar-refractivity contribution in [2.24, 2.45) is 0 Å². The molecule has 0 amide bonds. The molecule has 1 saturated carbocycles. The molecule has 0 atom stereocenters. The summed E-state index contributed by atoms with van der Waals surface area (Å²) in [6.07, 6.45) is 6.38. The molecule has 1 aromatic rings. The van der Waals surface area contributed by atoms with Gasteiger partial charge in [-0.1, -0.05) is 12.8 Å². The Labute approximate surface area is 116 Å². The third-order valence-corrected chi connectivity index (χ3v) is 4.18. The molecule has 0 unspecified atom stereocenters. The summed E-state index contributed by atoms with van der Waals surface area (Å²) in [4.78, 5) is 0. The summed E-state index contributed by atoms with van der Waals surface area (Å²) < 4.78 is 7.32. The lowest BCUT2D eigenvalue weighted by atomic mass is 10.1. The predicted octanol–water partition coefficient (Wildman–Crippen LogP) is 2.39. The summed E-state index contributed by atoms with van der Waals surface area (Å²) in [7, 11) is 1.74. The first-order valence-corrected chi connectivity index (χ1v) is 7.48. The lowest BCUT2D eigenvalue weighted by Crippen LogP contribution is -2.22. The second-order valence-electron chi connectivity index (χ2n) is 5.53. The molecule has 0 spiro atoms. The molecule has 1 aromatic heterocycles. The van der Waals surface area contributed by atoms with Crippen molar-refractivity contribution in [2.75, 3.05) is 26.8 Å². The van der Waals surface area contributed by atoms with Crippen LogP contribution in [0.4, 0.5) is 0 Å². The van der Waals surface area contributed by atoms with Gasteiger partial charge in [-0.3, -0.25) is 4.68 Å². The van der Waals surface area contributed by atoms with Crippen molar-refractivity contribution in [1.29, 1.82) is 0 Å². The van der Waals surface area contributed by atoms with Crippen LogP contribution in [0.15, 0.2) is 0 Å². The fourth-order valence-electron chi connectivity index (χ4n) is 3.08. The molecule has 1 N–H and O–H groups in total. The zero-order valence-electron chi connectivity index (χ0n) is 12.5. The van der Waals surface area contributed by atoms with Crippen molar-refractivity contribution in [1.82, 2.24) is 15.1 Å². The number of hydrogen-bond acceptors (Lipinski definition) is 3. The molecule has 0 saturated heterocycles. The Morgan fingerprint density at radius 2 is 2.00 bits per heavy atom. The Morgan fingerprint density at radius 3 is 2.68 bits per heavy atom. The molecular weight excluding hydrogens is 238 g/mol. The number of rotatable bonds is 7. The first kappa shape index (κ1) is 14.5. The van der Waals surface area contributed by atoms with Crippen LogP contribution in [0.2, 0.25) is 0 Å². The standard InChI is InChI=1S/C15H27N3O/c1-12-15(8-9-16-10-11-19-3)13(2)18(17-12)14-6-4-5-7-14/h14,16H,4-11H2,1-3H3. The molecule has 1 aliphatic carbocycles. The molecule has 1 aliphatic rings. The number of nitrogens with one attached hydrogen (secondary N) is 1. The molecule has 108 valence electrons. The number of nitrogens with zero attached hydrogens (tertiary/aromatic N) is 2. The van der Waals surface area contributed by atoms with Crippen LogP contribution in [0, 0.1) is 13.8 Å². The van der Waals surface area contributed by atoms with Gasteiger partial charge in [0, 0.05) is 19.3 Å². The smallest absolute Gasteiger partial charge is 0.0629 e. The van der Waals surface area contributed by atoms with E-state index in [4.69, 9.17) is 9.84 Å². The molecular formula is C15H27N3O. The number of hydrogen-bond donors (Lipinski definition) is 1. The molecule has 2 rings (SSSR count). The average molecular weight is 265 g/mol. The summed E-state index contributed by atoms with van der Waals surface area (Å²) in [6.45, 7) is 7.07. The van der Waals surface area contributed by atoms with Crippen LogP contribution < -0.4 is 5.32 Å². The number of aromatic nitrogens is 2. The highest BCUT2D eigenvalue weighted by Crippen LogP contribution is 2.31. The number of ether oxygens (including phenoxy) is 1. The third kappa shape index (κ3) is 3.57. The van der Waals surface area contributed by atoms with Crippen LogP contribution >= 0.6 is 0 Å². The Balaban J connectivity index is 1.92. The van der Waals surface area contributed by atoms with Crippen LogP contribution in [0.1, 0.15) is 48.7 Å². The van der Waals surface area contributed by atoms with Crippen LogP contribution in [0.5, 0.6) is 0 Å². The van der Waals surface area contributed by atoms with Gasteiger partial charge in [-0.05, 0) is 45.2 Å². The van der Waals surface area contributed by atoms with Crippen LogP contribution in [-0.2, 0) is 11.2 Å². The minimum Gasteiger partial charge on any atom is -0.383 e. The first-order chi connectivity index (χ1) is 9.24. The van der Waals surface area contributed by atoms with Gasteiger partial charge in [0.15, 0.2) is 0 Å². The van der Waals surface area contributed by atoms with E-state index in [-0.39, 0.29) is 0 Å². The third-order valence-electron chi connectivity index (χ3n) is 4.18. The van der Waals surface area contributed by atoms with Gasteiger partial charge < -0.3 is 10.1 Å². The Bertz CT molecular complexity index is 394. The van der Waals surface area contributed by atoms with E-state index in [0.29, 0.717) is 6.04 Å². The molecule has 4 heteroatoms. The van der Waals surface area contributed by atoms with Gasteiger partial charge in [-0.25, -0.2) is 0 Å². The van der Waals surface area contributed by atoms with Gasteiger partial charge in [0.05, 0.1) is 18.3 Å². The number of methoxy groups -OCH3 is 1. The lowest BCUT2D eigenvalue weighted by Gasteiger charge is -2.12. The summed E-state index contributed by atoms with van der Waals surface area (Å²) in [5.41, 5.74) is 4.01. The maximum atomic E-state index is 5.03. The zero-order chi connectivity index (χ0) is 13.7. The van der Waals surface area contributed by atoms with Crippen molar-refractivity contribution >= 4 is 0 Å². The van der Waals surface area contributed by atoms with E-state index < -0.39 is 0 Å². The van der Waals surface area contributed by atoms with E-state index >= 15 is 0 Å². The molecule has 0 aromatic carbocycles. The Hall–Kier alpha value is -0.870. The average Bonchev–Trinajstić information content (AvgIpc) is 3.00. The van der Waals surface area contributed by atoms with Gasteiger partial charge in [0.25, 0.3) is 0 Å². The number of aryl methyl sites for hydroxylation is 1. The fraction of sp³-hybridized carbons (Fsp3) is 0.800. The lowest BCUT2D eigenvalue weighted by molar-refractivity contribution is 0.199. The molecule has 0 bridgehead atoms. The van der Waals surface area contributed by atoms with Crippen molar-refractivity contribution in [3.8, 4) is 0 Å². The van der Waals surface area contributed by atoms with Crippen molar-refractivity contribution < 1.29 is 4.74 Å². The summed E-state index contributed by atoms with van der Waals surface area (Å²) in [6, 6.07) is 0.647. The SMILES string of the molecule is COCCNCCc1c(C)nn(C2CCCC2)c1C. The van der Waals surface area contributed by atoms with Crippen LogP contribution in [-0.4, -0.2) is 36.6 Å². The van der Waals surface area contributed by atoms with E-state index in [1.54, 1.807) is 7.11 Å². The van der Waals surface area contributed by atoms with E-state index in [2.05, 4.69) is 23.8 Å². The monoisotopic (exact) mass is 265 g/mol. The Kier molecular flexibility index (Phi) is 5.40. The summed E-state index contributed by atoms with van der Waals surface area (Å²) in [5, 5.41) is 8.18. The normalized spacial score (nSPS) is 16.4. The Morgan fingerprint density at radius 1 is 1.26 bits per heavy atom. The highest BCUT2D eigenvalue weighted by atomic mass is 16.5. The van der Waals surface area contributed by atoms with Gasteiger partial charge in [0.2, 0.25) is 0 Å². The van der Waals surface area contributed by atoms with E-state index in [1.807, 2.05) is 0 Å². The quantitative estimate of drug-likeness (QED) is 0.769. The van der Waals surface area contributed by atoms with Crippen LogP contribution in [0.25, 0.3) is 0 Å². The van der Waals surface area contributed by atoms with Gasteiger partial charge in [0.1, 0.15) is 0 Å². The maximum Gasteiger partial charge on any atom is 0.0629 e. The van der Waals surface area contributed by atoms with Crippen molar-refractivity contribution in [3.63, 3.8) is 0 Å². The van der Waals surface area contributed by atoms with Crippen molar-refractivity contribution in [2.45, 2.75) is 52.0 Å². The molecule has 0 radical (unpaired) electrons. The fourth-order valence-corrected chi connectivity index (χ4v) is 3.08. The minimum atomic E-state index is 0.647. The zero-order valence-corrected chi connectivity index (χ0v) is 12.5. The maximum absolute atomic E-state index is 5.03. The van der Waals surface area contributed by atoms with Crippen LogP contribution in [0.3, 0.4) is 0 Å². The van der Waals surface area contributed by atoms with E-state index in [1.165, 1.54) is 42.6 Å². The van der Waals surface area contributed by atoms with Gasteiger partial charge in [-0.2, -0.15) is 5.10 Å². The highest BCUT2D eigenvalue weighted by molar-refractivity contribution is 5.25. The molecule has 19 heavy (non-hydrogen) atoms. The second kappa shape index (κ2) is 7.06. The highest BCUT2D eigenvalue weighted by Gasteiger charge is 2.21. The van der Waals surface area contributed by atoms with E-state index in [9.17, 15) is 0 Å². The molecule has 1 fully saturated rings.